The maximum atomic E-state index is 13.0. The topological polar surface area (TPSA) is 110 Å². The maximum Gasteiger partial charge on any atom is 0.261 e. The molecule has 3 N–H and O–H groups in total. The summed E-state index contributed by atoms with van der Waals surface area (Å²) >= 11 is 6.54. The Balaban J connectivity index is 1.64. The first-order valence-electron chi connectivity index (χ1n) is 11.9. The lowest BCUT2D eigenvalue weighted by Crippen LogP contribution is -2.45. The largest absolute Gasteiger partial charge is 0.477 e. The molecule has 1 saturated heterocycles. The van der Waals surface area contributed by atoms with Crippen LogP contribution in [0.15, 0.2) is 42.7 Å². The molecule has 4 rings (SSSR count). The molecule has 0 bridgehead atoms. The van der Waals surface area contributed by atoms with Crippen molar-refractivity contribution in [3.8, 4) is 5.75 Å². The Morgan fingerprint density at radius 2 is 1.89 bits per heavy atom. The zero-order chi connectivity index (χ0) is 25.0. The first-order valence-corrected chi connectivity index (χ1v) is 12.3. The third-order valence-electron chi connectivity index (χ3n) is 6.51. The number of rotatable bonds is 7. The van der Waals surface area contributed by atoms with Crippen LogP contribution in [0.25, 0.3) is 10.9 Å². The number of aromatic nitrogens is 2. The van der Waals surface area contributed by atoms with Crippen LogP contribution in [-0.4, -0.2) is 45.4 Å². The smallest absolute Gasteiger partial charge is 0.261 e. The normalized spacial score (nSPS) is 15.8. The van der Waals surface area contributed by atoms with Crippen LogP contribution in [0.4, 0.5) is 11.5 Å². The zero-order valence-electron chi connectivity index (χ0n) is 20.0. The van der Waals surface area contributed by atoms with E-state index in [-0.39, 0.29) is 5.91 Å². The predicted molar refractivity (Wildman–Crippen MR) is 137 cm³/mol. The highest BCUT2D eigenvalue weighted by atomic mass is 35.5. The van der Waals surface area contributed by atoms with Gasteiger partial charge in [-0.3, -0.25) is 9.59 Å². The van der Waals surface area contributed by atoms with E-state index >= 15 is 0 Å². The number of fused-ring (bicyclic) bond motifs is 1. The summed E-state index contributed by atoms with van der Waals surface area (Å²) in [7, 11) is 0. The minimum Gasteiger partial charge on any atom is -0.477 e. The van der Waals surface area contributed by atoms with Gasteiger partial charge >= 0.3 is 0 Å². The van der Waals surface area contributed by atoms with Crippen molar-refractivity contribution in [2.45, 2.75) is 51.6 Å². The monoisotopic (exact) mass is 495 g/mol. The second-order valence-electron chi connectivity index (χ2n) is 8.95. The van der Waals surface area contributed by atoms with Gasteiger partial charge < -0.3 is 20.7 Å². The van der Waals surface area contributed by atoms with Crippen LogP contribution >= 0.6 is 11.6 Å². The number of carbonyl (C=O) groups is 2. The maximum absolute atomic E-state index is 13.0. The Morgan fingerprint density at radius 3 is 2.54 bits per heavy atom. The number of nitrogens with two attached hydrogens (primary N) is 1. The lowest BCUT2D eigenvalue weighted by molar-refractivity contribution is -0.132. The molecule has 1 aliphatic rings. The summed E-state index contributed by atoms with van der Waals surface area (Å²) in [5.74, 6) is 0.320. The Hall–Kier alpha value is -3.39. The van der Waals surface area contributed by atoms with E-state index in [0.717, 1.165) is 38.8 Å². The van der Waals surface area contributed by atoms with Gasteiger partial charge in [-0.25, -0.2) is 9.97 Å². The molecule has 8 nitrogen and oxygen atoms in total. The second kappa shape index (κ2) is 10.5. The highest BCUT2D eigenvalue weighted by Gasteiger charge is 2.32. The molecule has 0 unspecified atom stereocenters. The van der Waals surface area contributed by atoms with Gasteiger partial charge in [0.1, 0.15) is 17.9 Å². The minimum atomic E-state index is -1.18. The summed E-state index contributed by atoms with van der Waals surface area (Å²) in [6, 6.07) is 10.6. The van der Waals surface area contributed by atoms with E-state index in [2.05, 4.69) is 15.3 Å². The van der Waals surface area contributed by atoms with Crippen molar-refractivity contribution >= 4 is 45.8 Å². The van der Waals surface area contributed by atoms with E-state index in [1.54, 1.807) is 37.3 Å². The molecule has 2 amide bonds. The van der Waals surface area contributed by atoms with Gasteiger partial charge in [0.2, 0.25) is 0 Å². The summed E-state index contributed by atoms with van der Waals surface area (Å²) < 4.78 is 6.09. The van der Waals surface area contributed by atoms with E-state index in [0.29, 0.717) is 45.2 Å². The molecule has 2 heterocycles. The van der Waals surface area contributed by atoms with Gasteiger partial charge in [-0.1, -0.05) is 37.4 Å². The third kappa shape index (κ3) is 5.32. The fourth-order valence-electron chi connectivity index (χ4n) is 4.14. The van der Waals surface area contributed by atoms with Gasteiger partial charge in [0.05, 0.1) is 21.5 Å². The molecular weight excluding hydrogens is 466 g/mol. The van der Waals surface area contributed by atoms with Gasteiger partial charge in [-0.05, 0) is 56.5 Å². The summed E-state index contributed by atoms with van der Waals surface area (Å²) in [6.07, 6.45) is 6.17. The van der Waals surface area contributed by atoms with Crippen LogP contribution in [0.5, 0.6) is 5.75 Å². The zero-order valence-corrected chi connectivity index (χ0v) is 20.8. The predicted octanol–water partition coefficient (Wildman–Crippen LogP) is 5.08. The van der Waals surface area contributed by atoms with Crippen molar-refractivity contribution in [3.63, 3.8) is 0 Å². The average Bonchev–Trinajstić information content (AvgIpc) is 3.13. The Kier molecular flexibility index (Phi) is 7.40. The molecule has 0 saturated carbocycles. The van der Waals surface area contributed by atoms with Gasteiger partial charge in [0, 0.05) is 18.8 Å². The number of amides is 2. The van der Waals surface area contributed by atoms with Crippen molar-refractivity contribution in [2.24, 2.45) is 5.73 Å². The Morgan fingerprint density at radius 1 is 1.14 bits per heavy atom. The van der Waals surface area contributed by atoms with Crippen LogP contribution < -0.4 is 15.8 Å². The molecule has 184 valence electrons. The molecule has 2 aromatic carbocycles. The molecule has 1 atom stereocenters. The molecule has 0 aliphatic carbocycles. The number of carbonyl (C=O) groups excluding carboxylic acids is 2. The molecule has 1 aliphatic heterocycles. The van der Waals surface area contributed by atoms with Gasteiger partial charge in [0.15, 0.2) is 5.60 Å². The third-order valence-corrected chi connectivity index (χ3v) is 6.82. The number of benzene rings is 2. The van der Waals surface area contributed by atoms with Crippen molar-refractivity contribution in [2.75, 3.05) is 18.4 Å². The molecule has 1 aromatic heterocycles. The quantitative estimate of drug-likeness (QED) is 0.473. The number of ether oxygens (including phenoxy) is 1. The van der Waals surface area contributed by atoms with Crippen molar-refractivity contribution in [1.82, 2.24) is 14.9 Å². The first-order chi connectivity index (χ1) is 16.8. The fraction of sp³-hybridized carbons (Fsp3) is 0.385. The van der Waals surface area contributed by atoms with Crippen LogP contribution in [0.3, 0.4) is 0 Å². The summed E-state index contributed by atoms with van der Waals surface area (Å²) in [5, 5.41) is 4.24. The lowest BCUT2D eigenvalue weighted by atomic mass is 10.0. The van der Waals surface area contributed by atoms with Crippen molar-refractivity contribution in [1.29, 1.82) is 0 Å². The van der Waals surface area contributed by atoms with Crippen LogP contribution in [0.1, 0.15) is 56.3 Å². The van der Waals surface area contributed by atoms with E-state index in [1.807, 2.05) is 17.9 Å². The number of hydrogen-bond donors (Lipinski definition) is 2. The molecular formula is C26H30ClN5O3. The first kappa shape index (κ1) is 24.7. The van der Waals surface area contributed by atoms with E-state index in [1.165, 1.54) is 6.33 Å². The minimum absolute atomic E-state index is 0.0445. The Labute approximate surface area is 209 Å². The number of primary amides is 1. The number of anilines is 2. The molecule has 9 heteroatoms. The summed E-state index contributed by atoms with van der Waals surface area (Å²) in [6.45, 7) is 5.01. The lowest BCUT2D eigenvalue weighted by Gasteiger charge is -2.27. The highest BCUT2D eigenvalue weighted by molar-refractivity contribution is 6.34. The van der Waals surface area contributed by atoms with Gasteiger partial charge in [0.25, 0.3) is 11.8 Å². The molecule has 0 radical (unpaired) electrons. The number of likely N-dealkylation sites (tertiary alicyclic amines) is 1. The number of hydrogen-bond acceptors (Lipinski definition) is 6. The fourth-order valence-corrected chi connectivity index (χ4v) is 4.41. The Bertz CT molecular complexity index is 1240. The summed E-state index contributed by atoms with van der Waals surface area (Å²) in [4.78, 5) is 35.7. The number of nitrogens with zero attached hydrogens (tertiary/aromatic N) is 3. The van der Waals surface area contributed by atoms with E-state index in [4.69, 9.17) is 22.1 Å². The van der Waals surface area contributed by atoms with Crippen molar-refractivity contribution < 1.29 is 14.3 Å². The molecule has 1 fully saturated rings. The van der Waals surface area contributed by atoms with E-state index in [9.17, 15) is 9.59 Å². The highest BCUT2D eigenvalue weighted by Crippen LogP contribution is 2.35. The second-order valence-corrected chi connectivity index (χ2v) is 9.36. The standard InChI is InChI=1S/C26H30ClN5O3/c1-3-26(2,25(28)34)35-21-10-8-9-20-22(21)23(30-16-29-20)31-17-11-12-18(19(27)15-17)24(33)32-13-6-4-5-7-14-32/h8-12,15-16H,3-7,13-14H2,1-2H3,(H2,28,34)(H,29,30,31)/t26-/m1/s1. The summed E-state index contributed by atoms with van der Waals surface area (Å²) in [5.41, 5.74) is 6.20. The SMILES string of the molecule is CC[C@@](C)(Oc1cccc2ncnc(Nc3ccc(C(=O)N4CCCCCC4)c(Cl)c3)c12)C(N)=O. The van der Waals surface area contributed by atoms with Gasteiger partial charge in [-0.15, -0.1) is 0 Å². The van der Waals surface area contributed by atoms with Crippen LogP contribution in [0, 0.1) is 0 Å². The van der Waals surface area contributed by atoms with E-state index < -0.39 is 11.5 Å². The molecule has 0 spiro atoms. The molecule has 35 heavy (non-hydrogen) atoms. The number of halogens is 1. The van der Waals surface area contributed by atoms with Crippen molar-refractivity contribution in [3.05, 3.63) is 53.3 Å². The average molecular weight is 496 g/mol. The molecule has 3 aromatic rings. The number of nitrogens with one attached hydrogen (secondary N) is 1. The van der Waals surface area contributed by atoms with Crippen LogP contribution in [0.2, 0.25) is 5.02 Å². The van der Waals surface area contributed by atoms with Crippen LogP contribution in [-0.2, 0) is 4.79 Å². The van der Waals surface area contributed by atoms with Gasteiger partial charge in [-0.2, -0.15) is 0 Å².